The van der Waals surface area contributed by atoms with Gasteiger partial charge in [0.25, 0.3) is 0 Å². The van der Waals surface area contributed by atoms with Crippen LogP contribution in [0.2, 0.25) is 0 Å². The van der Waals surface area contributed by atoms with E-state index in [4.69, 9.17) is 0 Å². The molecule has 0 amide bonds. The molecule has 0 nitrogen and oxygen atoms in total. The van der Waals surface area contributed by atoms with Crippen LogP contribution in [0.3, 0.4) is 0 Å². The Morgan fingerprint density at radius 2 is 1.54 bits per heavy atom. The fraction of sp³-hybridized carbons (Fsp3) is 0.500. The molecule has 0 spiro atoms. The third kappa shape index (κ3) is 1.93. The monoisotopic (exact) mass is 260 g/mol. The summed E-state index contributed by atoms with van der Waals surface area (Å²) in [7, 11) is 0. The average Bonchev–Trinajstić information content (AvgIpc) is 2.14. The second kappa shape index (κ2) is 3.52. The Hall–Kier alpha value is 0.410. The van der Waals surface area contributed by atoms with Crippen LogP contribution in [0.15, 0.2) is 0 Å². The molecular weight excluding hydrogens is 257 g/mol. The molecule has 0 N–H and O–H groups in total. The number of alkyl halides is 3. The van der Waals surface area contributed by atoms with Gasteiger partial charge in [0.2, 0.25) is 0 Å². The second-order valence-corrected chi connectivity index (χ2v) is 4.37. The average molecular weight is 260 g/mol. The highest BCUT2D eigenvalue weighted by Crippen LogP contribution is 2.38. The van der Waals surface area contributed by atoms with Gasteiger partial charge in [-0.3, -0.25) is 0 Å². The maximum atomic E-state index is 12.4. The molecular formula is C6H3F3S4. The Bertz CT molecular complexity index is 293. The first-order valence-electron chi connectivity index (χ1n) is 3.14. The third-order valence-corrected chi connectivity index (χ3v) is 4.01. The van der Waals surface area contributed by atoms with E-state index in [1.807, 2.05) is 0 Å². The van der Waals surface area contributed by atoms with Crippen LogP contribution in [-0.4, -0.2) is 26.0 Å². The zero-order valence-corrected chi connectivity index (χ0v) is 9.30. The van der Waals surface area contributed by atoms with Gasteiger partial charge in [0.1, 0.15) is 5.92 Å². The van der Waals surface area contributed by atoms with Crippen molar-refractivity contribution in [2.24, 2.45) is 5.92 Å². The first-order valence-corrected chi connectivity index (χ1v) is 4.88. The van der Waals surface area contributed by atoms with E-state index >= 15 is 0 Å². The van der Waals surface area contributed by atoms with Gasteiger partial charge in [0, 0.05) is 9.73 Å². The molecule has 13 heavy (non-hydrogen) atoms. The van der Waals surface area contributed by atoms with E-state index in [0.29, 0.717) is 0 Å². The summed E-state index contributed by atoms with van der Waals surface area (Å²) in [6.45, 7) is 0. The Morgan fingerprint density at radius 1 is 1.08 bits per heavy atom. The molecule has 0 aromatic rings. The van der Waals surface area contributed by atoms with E-state index in [0.717, 1.165) is 0 Å². The molecule has 0 radical (unpaired) electrons. The zero-order valence-electron chi connectivity index (χ0n) is 5.96. The number of thiol groups is 1. The predicted octanol–water partition coefficient (Wildman–Crippen LogP) is 2.59. The maximum Gasteiger partial charge on any atom is 0.398 e. The number of rotatable bonds is 0. The molecule has 1 fully saturated rings. The molecule has 0 heterocycles. The van der Waals surface area contributed by atoms with Gasteiger partial charge in [0.15, 0.2) is 0 Å². The Morgan fingerprint density at radius 3 is 1.69 bits per heavy atom. The zero-order chi connectivity index (χ0) is 10.4. The molecule has 2 unspecified atom stereocenters. The highest BCUT2D eigenvalue weighted by atomic mass is 32.1. The van der Waals surface area contributed by atoms with Crippen LogP contribution in [0, 0.1) is 5.92 Å². The molecule has 7 heteroatoms. The Labute approximate surface area is 94.3 Å². The van der Waals surface area contributed by atoms with Crippen molar-refractivity contribution in [3.63, 3.8) is 0 Å². The smallest absolute Gasteiger partial charge is 0.170 e. The van der Waals surface area contributed by atoms with Crippen molar-refractivity contribution >= 4 is 63.9 Å². The number of hydrogen-bond acceptors (Lipinski definition) is 4. The summed E-state index contributed by atoms with van der Waals surface area (Å²) in [5.74, 6) is -1.79. The molecule has 0 aromatic carbocycles. The van der Waals surface area contributed by atoms with Gasteiger partial charge in [-0.25, -0.2) is 0 Å². The van der Waals surface area contributed by atoms with Crippen molar-refractivity contribution in [1.82, 2.24) is 0 Å². The van der Waals surface area contributed by atoms with Crippen molar-refractivity contribution in [2.45, 2.75) is 11.4 Å². The third-order valence-electron chi connectivity index (χ3n) is 1.67. The van der Waals surface area contributed by atoms with Gasteiger partial charge in [-0.15, -0.1) is 0 Å². The molecule has 0 bridgehead atoms. The number of halogens is 3. The predicted molar refractivity (Wildman–Crippen MR) is 60.1 cm³/mol. The lowest BCUT2D eigenvalue weighted by molar-refractivity contribution is -0.150. The van der Waals surface area contributed by atoms with Gasteiger partial charge >= 0.3 is 6.18 Å². The fourth-order valence-corrected chi connectivity index (χ4v) is 2.60. The van der Waals surface area contributed by atoms with E-state index in [9.17, 15) is 13.2 Å². The summed E-state index contributed by atoms with van der Waals surface area (Å²) in [4.78, 5) is -0.300. The topological polar surface area (TPSA) is 0 Å². The van der Waals surface area contributed by atoms with Gasteiger partial charge in [0.05, 0.1) is 10.1 Å². The van der Waals surface area contributed by atoms with Crippen molar-refractivity contribution in [3.8, 4) is 0 Å². The minimum Gasteiger partial charge on any atom is -0.170 e. The summed E-state index contributed by atoms with van der Waals surface area (Å²) < 4.78 is 37.1. The lowest BCUT2D eigenvalue weighted by atomic mass is 10.1. The first kappa shape index (κ1) is 11.5. The molecule has 0 saturated heterocycles. The summed E-state index contributed by atoms with van der Waals surface area (Å²) in [6.07, 6.45) is -4.41. The van der Waals surface area contributed by atoms with Crippen molar-refractivity contribution in [3.05, 3.63) is 0 Å². The Balaban J connectivity index is 3.09. The molecule has 1 rings (SSSR count). The first-order chi connectivity index (χ1) is 5.76. The van der Waals surface area contributed by atoms with E-state index in [1.54, 1.807) is 0 Å². The van der Waals surface area contributed by atoms with Crippen LogP contribution < -0.4 is 0 Å². The SMILES string of the molecule is FC(F)(F)C1C(=S)C(=S)C(=S)C1S. The lowest BCUT2D eigenvalue weighted by Gasteiger charge is -2.17. The van der Waals surface area contributed by atoms with E-state index in [1.165, 1.54) is 0 Å². The van der Waals surface area contributed by atoms with Crippen LogP contribution in [-0.2, 0) is 0 Å². The molecule has 0 aromatic heterocycles. The summed E-state index contributed by atoms with van der Waals surface area (Å²) in [5.41, 5.74) is 0. The van der Waals surface area contributed by atoms with Crippen molar-refractivity contribution in [1.29, 1.82) is 0 Å². The highest BCUT2D eigenvalue weighted by molar-refractivity contribution is 7.97. The molecule has 0 aliphatic heterocycles. The van der Waals surface area contributed by atoms with Gasteiger partial charge in [-0.1, -0.05) is 36.7 Å². The van der Waals surface area contributed by atoms with E-state index in [-0.39, 0.29) is 14.6 Å². The minimum atomic E-state index is -4.41. The standard InChI is InChI=1S/C6H3F3S4/c7-6(8,9)1-2(10)4(12)5(13)3(1)11/h1-2,10H. The minimum absolute atomic E-state index is 0.0330. The molecule has 1 aliphatic carbocycles. The Kier molecular flexibility index (Phi) is 3.11. The van der Waals surface area contributed by atoms with Crippen LogP contribution in [0.25, 0.3) is 0 Å². The second-order valence-electron chi connectivity index (χ2n) is 2.52. The molecule has 1 aliphatic rings. The molecule has 1 saturated carbocycles. The van der Waals surface area contributed by atoms with Crippen molar-refractivity contribution in [2.75, 3.05) is 0 Å². The van der Waals surface area contributed by atoms with Gasteiger partial charge in [-0.05, 0) is 0 Å². The van der Waals surface area contributed by atoms with Gasteiger partial charge < -0.3 is 0 Å². The number of hydrogen-bond donors (Lipinski definition) is 1. The summed E-state index contributed by atoms with van der Waals surface area (Å²) in [5, 5.41) is -1.09. The highest BCUT2D eigenvalue weighted by Gasteiger charge is 2.53. The van der Waals surface area contributed by atoms with E-state index in [2.05, 4.69) is 49.3 Å². The molecule has 2 atom stereocenters. The van der Waals surface area contributed by atoms with Crippen LogP contribution in [0.5, 0.6) is 0 Å². The maximum absolute atomic E-state index is 12.4. The fourth-order valence-electron chi connectivity index (χ4n) is 1.02. The van der Waals surface area contributed by atoms with Gasteiger partial charge in [-0.2, -0.15) is 25.8 Å². The number of thiocarbonyl (C=S) groups is 3. The van der Waals surface area contributed by atoms with Crippen LogP contribution in [0.4, 0.5) is 13.2 Å². The largest absolute Gasteiger partial charge is 0.398 e. The van der Waals surface area contributed by atoms with Crippen molar-refractivity contribution < 1.29 is 13.2 Å². The quantitative estimate of drug-likeness (QED) is 0.525. The summed E-state index contributed by atoms with van der Waals surface area (Å²) in [6, 6.07) is 0. The van der Waals surface area contributed by atoms with Crippen LogP contribution in [0.1, 0.15) is 0 Å². The van der Waals surface area contributed by atoms with Crippen LogP contribution >= 0.6 is 49.3 Å². The summed E-state index contributed by atoms with van der Waals surface area (Å²) >= 11 is 17.7. The molecule has 72 valence electrons. The van der Waals surface area contributed by atoms with E-state index < -0.39 is 17.3 Å². The lowest BCUT2D eigenvalue weighted by Crippen LogP contribution is -2.32. The normalized spacial score (nSPS) is 30.0.